The Balaban J connectivity index is 2.29. The molecule has 0 aliphatic carbocycles. The van der Waals surface area contributed by atoms with E-state index in [0.717, 1.165) is 5.56 Å². The highest BCUT2D eigenvalue weighted by molar-refractivity contribution is 6.27. The van der Waals surface area contributed by atoms with E-state index in [-0.39, 0.29) is 12.1 Å². The Morgan fingerprint density at radius 1 is 1.31 bits per heavy atom. The Kier molecular flexibility index (Phi) is 1.85. The van der Waals surface area contributed by atoms with E-state index < -0.39 is 0 Å². The van der Waals surface area contributed by atoms with E-state index in [1.807, 2.05) is 30.3 Å². The summed E-state index contributed by atoms with van der Waals surface area (Å²) in [5.74, 6) is -0.0335. The number of hydrogen-bond donors (Lipinski definition) is 0. The third kappa shape index (κ3) is 1.33. The van der Waals surface area contributed by atoms with Crippen molar-refractivity contribution in [3.63, 3.8) is 0 Å². The first-order valence-corrected chi connectivity index (χ1v) is 4.14. The summed E-state index contributed by atoms with van der Waals surface area (Å²) in [6.45, 7) is 0. The van der Waals surface area contributed by atoms with E-state index in [2.05, 4.69) is 4.99 Å². The number of amides is 1. The fourth-order valence-corrected chi connectivity index (χ4v) is 1.38. The molecule has 0 fully saturated rings. The van der Waals surface area contributed by atoms with Crippen LogP contribution >= 0.6 is 0 Å². The van der Waals surface area contributed by atoms with Crippen molar-refractivity contribution in [2.75, 3.05) is 7.05 Å². The smallest absolute Gasteiger partial charge is 0.266 e. The van der Waals surface area contributed by atoms with E-state index in [1.54, 1.807) is 11.9 Å². The summed E-state index contributed by atoms with van der Waals surface area (Å²) in [7, 11) is 1.76. The van der Waals surface area contributed by atoms with Gasteiger partial charge in [0.15, 0.2) is 0 Å². The van der Waals surface area contributed by atoms with Crippen LogP contribution in [0.4, 0.5) is 0 Å². The lowest BCUT2D eigenvalue weighted by atomic mass is 10.2. The molecule has 0 saturated heterocycles. The van der Waals surface area contributed by atoms with Crippen LogP contribution in [0.3, 0.4) is 0 Å². The van der Waals surface area contributed by atoms with Gasteiger partial charge in [-0.2, -0.15) is 0 Å². The minimum atomic E-state index is -0.131. The maximum atomic E-state index is 11.1. The normalized spacial score (nSPS) is 21.2. The first-order valence-electron chi connectivity index (χ1n) is 4.14. The van der Waals surface area contributed by atoms with Crippen LogP contribution in [0, 0.1) is 0 Å². The molecular formula is C10H10N2O. The van der Waals surface area contributed by atoms with Gasteiger partial charge >= 0.3 is 0 Å². The van der Waals surface area contributed by atoms with Crippen molar-refractivity contribution >= 4 is 12.1 Å². The minimum absolute atomic E-state index is 0.0335. The van der Waals surface area contributed by atoms with Gasteiger partial charge in [-0.05, 0) is 5.56 Å². The first kappa shape index (κ1) is 7.98. The van der Waals surface area contributed by atoms with Gasteiger partial charge in [-0.3, -0.25) is 9.79 Å². The van der Waals surface area contributed by atoms with Crippen LogP contribution in [-0.4, -0.2) is 24.1 Å². The molecule has 66 valence electrons. The second-order valence-corrected chi connectivity index (χ2v) is 3.01. The van der Waals surface area contributed by atoms with Gasteiger partial charge in [-0.15, -0.1) is 0 Å². The fraction of sp³-hybridized carbons (Fsp3) is 0.200. The molecule has 3 nitrogen and oxygen atoms in total. The lowest BCUT2D eigenvalue weighted by molar-refractivity contribution is -0.122. The monoisotopic (exact) mass is 174 g/mol. The SMILES string of the molecule is CN1C(=O)C=NC1c1ccccc1. The number of carbonyl (C=O) groups is 1. The van der Waals surface area contributed by atoms with E-state index in [4.69, 9.17) is 0 Å². The van der Waals surface area contributed by atoms with Gasteiger partial charge in [0.05, 0.1) is 6.21 Å². The molecule has 1 heterocycles. The fourth-order valence-electron chi connectivity index (χ4n) is 1.38. The Bertz CT molecular complexity index is 345. The standard InChI is InChI=1S/C10H10N2O/c1-12-9(13)7-11-10(12)8-5-3-2-4-6-8/h2-7,10H,1H3. The summed E-state index contributed by atoms with van der Waals surface area (Å²) in [4.78, 5) is 16.9. The number of nitrogens with zero attached hydrogens (tertiary/aromatic N) is 2. The molecule has 2 rings (SSSR count). The first-order chi connectivity index (χ1) is 6.29. The molecule has 1 aromatic carbocycles. The van der Waals surface area contributed by atoms with E-state index in [1.165, 1.54) is 6.21 Å². The van der Waals surface area contributed by atoms with Crippen molar-refractivity contribution in [2.24, 2.45) is 4.99 Å². The van der Waals surface area contributed by atoms with Crippen molar-refractivity contribution in [2.45, 2.75) is 6.17 Å². The zero-order chi connectivity index (χ0) is 9.26. The maximum Gasteiger partial charge on any atom is 0.266 e. The highest BCUT2D eigenvalue weighted by Crippen LogP contribution is 2.23. The Morgan fingerprint density at radius 2 is 2.00 bits per heavy atom. The van der Waals surface area contributed by atoms with Crippen molar-refractivity contribution in [3.8, 4) is 0 Å². The van der Waals surface area contributed by atoms with Gasteiger partial charge in [0, 0.05) is 7.05 Å². The molecule has 0 spiro atoms. The van der Waals surface area contributed by atoms with Crippen LogP contribution < -0.4 is 0 Å². The van der Waals surface area contributed by atoms with Gasteiger partial charge in [0.1, 0.15) is 6.17 Å². The number of rotatable bonds is 1. The Hall–Kier alpha value is -1.64. The third-order valence-electron chi connectivity index (χ3n) is 2.14. The van der Waals surface area contributed by atoms with Crippen LogP contribution in [0.25, 0.3) is 0 Å². The molecule has 1 unspecified atom stereocenters. The third-order valence-corrected chi connectivity index (χ3v) is 2.14. The molecule has 0 radical (unpaired) electrons. The van der Waals surface area contributed by atoms with Crippen molar-refractivity contribution in [3.05, 3.63) is 35.9 Å². The van der Waals surface area contributed by atoms with E-state index in [9.17, 15) is 4.79 Å². The highest BCUT2D eigenvalue weighted by Gasteiger charge is 2.24. The average molecular weight is 174 g/mol. The molecule has 1 atom stereocenters. The summed E-state index contributed by atoms with van der Waals surface area (Å²) in [5.41, 5.74) is 1.05. The van der Waals surface area contributed by atoms with Crippen LogP contribution in [0.5, 0.6) is 0 Å². The predicted molar refractivity (Wildman–Crippen MR) is 50.4 cm³/mol. The molecule has 3 heteroatoms. The van der Waals surface area contributed by atoms with Crippen LogP contribution in [0.15, 0.2) is 35.3 Å². The number of hydrogen-bond acceptors (Lipinski definition) is 2. The number of aliphatic imine (C=N–C) groups is 1. The zero-order valence-corrected chi connectivity index (χ0v) is 7.34. The number of carbonyl (C=O) groups excluding carboxylic acids is 1. The van der Waals surface area contributed by atoms with Gasteiger partial charge < -0.3 is 4.90 Å². The Morgan fingerprint density at radius 3 is 2.54 bits per heavy atom. The molecule has 1 amide bonds. The summed E-state index contributed by atoms with van der Waals surface area (Å²) < 4.78 is 0. The predicted octanol–water partition coefficient (Wildman–Crippen LogP) is 1.23. The number of benzene rings is 1. The molecule has 0 saturated carbocycles. The van der Waals surface area contributed by atoms with Crippen LogP contribution in [0.2, 0.25) is 0 Å². The molecule has 0 aromatic heterocycles. The molecule has 13 heavy (non-hydrogen) atoms. The molecular weight excluding hydrogens is 164 g/mol. The lowest BCUT2D eigenvalue weighted by Gasteiger charge is -2.17. The largest absolute Gasteiger partial charge is 0.315 e. The summed E-state index contributed by atoms with van der Waals surface area (Å²) in [6, 6.07) is 9.78. The summed E-state index contributed by atoms with van der Waals surface area (Å²) in [5, 5.41) is 0. The van der Waals surface area contributed by atoms with Gasteiger partial charge in [0.25, 0.3) is 5.91 Å². The quantitative estimate of drug-likeness (QED) is 0.630. The van der Waals surface area contributed by atoms with Gasteiger partial charge in [0.2, 0.25) is 0 Å². The molecule has 1 aromatic rings. The minimum Gasteiger partial charge on any atom is -0.315 e. The maximum absolute atomic E-state index is 11.1. The van der Waals surface area contributed by atoms with Crippen LogP contribution in [0.1, 0.15) is 11.7 Å². The average Bonchev–Trinajstić information content (AvgIpc) is 2.49. The van der Waals surface area contributed by atoms with Crippen LogP contribution in [-0.2, 0) is 4.79 Å². The van der Waals surface area contributed by atoms with Crippen molar-refractivity contribution < 1.29 is 4.79 Å². The van der Waals surface area contributed by atoms with Crippen molar-refractivity contribution in [1.82, 2.24) is 4.90 Å². The second-order valence-electron chi connectivity index (χ2n) is 3.01. The molecule has 0 bridgehead atoms. The van der Waals surface area contributed by atoms with Crippen molar-refractivity contribution in [1.29, 1.82) is 0 Å². The summed E-state index contributed by atoms with van der Waals surface area (Å²) >= 11 is 0. The zero-order valence-electron chi connectivity index (χ0n) is 7.34. The van der Waals surface area contributed by atoms with Gasteiger partial charge in [-0.1, -0.05) is 30.3 Å². The van der Waals surface area contributed by atoms with E-state index >= 15 is 0 Å². The highest BCUT2D eigenvalue weighted by atomic mass is 16.2. The molecule has 0 N–H and O–H groups in total. The van der Waals surface area contributed by atoms with E-state index in [0.29, 0.717) is 0 Å². The second kappa shape index (κ2) is 3.01. The molecule has 1 aliphatic rings. The lowest BCUT2D eigenvalue weighted by Crippen LogP contribution is -2.24. The molecule has 1 aliphatic heterocycles. The topological polar surface area (TPSA) is 32.7 Å². The summed E-state index contributed by atoms with van der Waals surface area (Å²) in [6.07, 6.45) is 1.24. The Labute approximate surface area is 76.7 Å². The van der Waals surface area contributed by atoms with Gasteiger partial charge in [-0.25, -0.2) is 0 Å².